The molecule has 1 aromatic carbocycles. The maximum absolute atomic E-state index is 12.9. The predicted octanol–water partition coefficient (Wildman–Crippen LogP) is 1.72. The van der Waals surface area contributed by atoms with Crippen molar-refractivity contribution in [3.63, 3.8) is 0 Å². The van der Waals surface area contributed by atoms with Gasteiger partial charge in [-0.1, -0.05) is 6.07 Å². The number of benzene rings is 1. The summed E-state index contributed by atoms with van der Waals surface area (Å²) < 4.78 is 1.40. The van der Waals surface area contributed by atoms with Gasteiger partial charge in [-0.05, 0) is 38.1 Å². The highest BCUT2D eigenvalue weighted by Crippen LogP contribution is 2.24. The van der Waals surface area contributed by atoms with Crippen LogP contribution in [0.1, 0.15) is 23.2 Å². The third-order valence-corrected chi connectivity index (χ3v) is 5.91. The third kappa shape index (κ3) is 4.44. The van der Waals surface area contributed by atoms with E-state index in [9.17, 15) is 9.59 Å². The molecule has 1 aliphatic carbocycles. The van der Waals surface area contributed by atoms with Crippen molar-refractivity contribution in [3.8, 4) is 0 Å². The van der Waals surface area contributed by atoms with E-state index in [2.05, 4.69) is 42.8 Å². The number of carbonyl (C=O) groups excluding carboxylic acids is 2. The Bertz CT molecular complexity index is 1200. The SMILES string of the molecule is CNc1nc(Nc2cccc(C(=O)N3CCN(C)CC3)c2)nc2c1ncn2C(=O)NC1CC1. The molecule has 11 nitrogen and oxygen atoms in total. The van der Waals surface area contributed by atoms with Gasteiger partial charge in [0.15, 0.2) is 17.0 Å². The topological polar surface area (TPSA) is 120 Å². The van der Waals surface area contributed by atoms with E-state index >= 15 is 0 Å². The van der Waals surface area contributed by atoms with Crippen LogP contribution in [0.5, 0.6) is 0 Å². The Balaban J connectivity index is 1.40. The summed E-state index contributed by atoms with van der Waals surface area (Å²) in [6.07, 6.45) is 3.44. The van der Waals surface area contributed by atoms with E-state index < -0.39 is 0 Å². The summed E-state index contributed by atoms with van der Waals surface area (Å²) in [7, 11) is 3.80. The zero-order chi connectivity index (χ0) is 22.9. The lowest BCUT2D eigenvalue weighted by molar-refractivity contribution is 0.0664. The molecule has 2 fully saturated rings. The first-order valence-corrected chi connectivity index (χ1v) is 11.1. The Morgan fingerprint density at radius 2 is 1.88 bits per heavy atom. The second-order valence-electron chi connectivity index (χ2n) is 8.46. The van der Waals surface area contributed by atoms with E-state index in [4.69, 9.17) is 0 Å². The molecule has 1 saturated carbocycles. The van der Waals surface area contributed by atoms with Crippen LogP contribution < -0.4 is 16.0 Å². The van der Waals surface area contributed by atoms with Crippen LogP contribution in [0, 0.1) is 0 Å². The minimum absolute atomic E-state index is 0.00820. The number of piperazine rings is 1. The maximum Gasteiger partial charge on any atom is 0.328 e. The molecule has 3 aromatic rings. The number of fused-ring (bicyclic) bond motifs is 1. The van der Waals surface area contributed by atoms with Crippen molar-refractivity contribution >= 4 is 40.6 Å². The molecule has 11 heteroatoms. The van der Waals surface area contributed by atoms with Crippen LogP contribution in [0.2, 0.25) is 0 Å². The van der Waals surface area contributed by atoms with Crippen LogP contribution >= 0.6 is 0 Å². The van der Waals surface area contributed by atoms with Crippen LogP contribution in [-0.2, 0) is 0 Å². The Kier molecular flexibility index (Phi) is 5.55. The van der Waals surface area contributed by atoms with Crippen LogP contribution in [0.15, 0.2) is 30.6 Å². The van der Waals surface area contributed by atoms with Crippen molar-refractivity contribution in [2.45, 2.75) is 18.9 Å². The summed E-state index contributed by atoms with van der Waals surface area (Å²) in [4.78, 5) is 43.0. The molecular formula is C22H27N9O2. The van der Waals surface area contributed by atoms with Crippen molar-refractivity contribution in [2.24, 2.45) is 0 Å². The lowest BCUT2D eigenvalue weighted by Gasteiger charge is -2.32. The molecular weight excluding hydrogens is 422 g/mol. The molecule has 1 saturated heterocycles. The highest BCUT2D eigenvalue weighted by molar-refractivity contribution is 5.95. The van der Waals surface area contributed by atoms with Crippen molar-refractivity contribution < 1.29 is 9.59 Å². The fourth-order valence-electron chi connectivity index (χ4n) is 3.80. The molecule has 33 heavy (non-hydrogen) atoms. The summed E-state index contributed by atoms with van der Waals surface area (Å²) in [6.45, 7) is 3.16. The monoisotopic (exact) mass is 449 g/mol. The summed E-state index contributed by atoms with van der Waals surface area (Å²) in [5.74, 6) is 0.816. The molecule has 2 aliphatic rings. The average Bonchev–Trinajstić information content (AvgIpc) is 3.53. The molecule has 3 heterocycles. The minimum Gasteiger partial charge on any atom is -0.371 e. The third-order valence-electron chi connectivity index (χ3n) is 5.91. The van der Waals surface area contributed by atoms with E-state index in [0.29, 0.717) is 47.3 Å². The van der Waals surface area contributed by atoms with E-state index in [1.54, 1.807) is 13.1 Å². The van der Waals surface area contributed by atoms with Gasteiger partial charge in [0, 0.05) is 50.5 Å². The fraction of sp³-hybridized carbons (Fsp3) is 0.409. The number of imidazole rings is 1. The number of likely N-dealkylation sites (N-methyl/N-ethyl adjacent to an activating group) is 1. The molecule has 2 amide bonds. The molecule has 3 N–H and O–H groups in total. The number of amides is 2. The number of hydrogen-bond donors (Lipinski definition) is 3. The standard InChI is InChI=1S/C22H27N9O2/c1-23-18-17-19(31(13-24-17)22(33)26-15-6-7-15)28-21(27-18)25-16-5-3-4-14(12-16)20(32)30-10-8-29(2)9-11-30/h3-5,12-13,15H,6-11H2,1-2H3,(H,26,33)(H2,23,25,27,28). The number of nitrogens with zero attached hydrogens (tertiary/aromatic N) is 6. The van der Waals surface area contributed by atoms with Crippen molar-refractivity contribution in [2.75, 3.05) is 50.9 Å². The number of carbonyl (C=O) groups is 2. The molecule has 5 rings (SSSR count). The number of hydrogen-bond acceptors (Lipinski definition) is 8. The summed E-state index contributed by atoms with van der Waals surface area (Å²) in [6, 6.07) is 7.25. The first-order chi connectivity index (χ1) is 16.0. The van der Waals surface area contributed by atoms with Gasteiger partial charge in [0.2, 0.25) is 5.95 Å². The van der Waals surface area contributed by atoms with E-state index in [1.807, 2.05) is 23.1 Å². The van der Waals surface area contributed by atoms with E-state index in [-0.39, 0.29) is 18.0 Å². The van der Waals surface area contributed by atoms with Gasteiger partial charge >= 0.3 is 6.03 Å². The van der Waals surface area contributed by atoms with Gasteiger partial charge in [-0.2, -0.15) is 9.97 Å². The largest absolute Gasteiger partial charge is 0.371 e. The van der Waals surface area contributed by atoms with Gasteiger partial charge < -0.3 is 25.8 Å². The van der Waals surface area contributed by atoms with Gasteiger partial charge in [-0.25, -0.2) is 14.3 Å². The van der Waals surface area contributed by atoms with Gasteiger partial charge in [0.25, 0.3) is 5.91 Å². The lowest BCUT2D eigenvalue weighted by atomic mass is 10.1. The van der Waals surface area contributed by atoms with Crippen molar-refractivity contribution in [1.82, 2.24) is 34.6 Å². The van der Waals surface area contributed by atoms with Crippen molar-refractivity contribution in [1.29, 1.82) is 0 Å². The zero-order valence-corrected chi connectivity index (χ0v) is 18.7. The van der Waals surface area contributed by atoms with Crippen LogP contribution in [0.4, 0.5) is 22.2 Å². The molecule has 0 radical (unpaired) electrons. The highest BCUT2D eigenvalue weighted by Gasteiger charge is 2.26. The highest BCUT2D eigenvalue weighted by atomic mass is 16.2. The van der Waals surface area contributed by atoms with Crippen molar-refractivity contribution in [3.05, 3.63) is 36.2 Å². The lowest BCUT2D eigenvalue weighted by Crippen LogP contribution is -2.47. The first kappa shape index (κ1) is 21.1. The number of rotatable bonds is 5. The number of anilines is 3. The van der Waals surface area contributed by atoms with Gasteiger partial charge in [0.05, 0.1) is 0 Å². The summed E-state index contributed by atoms with van der Waals surface area (Å²) >= 11 is 0. The summed E-state index contributed by atoms with van der Waals surface area (Å²) in [5, 5.41) is 9.13. The Morgan fingerprint density at radius 3 is 2.61 bits per heavy atom. The average molecular weight is 450 g/mol. The van der Waals surface area contributed by atoms with Crippen LogP contribution in [0.3, 0.4) is 0 Å². The predicted molar refractivity (Wildman–Crippen MR) is 125 cm³/mol. The second kappa shape index (κ2) is 8.66. The van der Waals surface area contributed by atoms with Gasteiger partial charge in [-0.15, -0.1) is 0 Å². The molecule has 172 valence electrons. The normalized spacial score (nSPS) is 16.6. The molecule has 0 bridgehead atoms. The van der Waals surface area contributed by atoms with E-state index in [0.717, 1.165) is 25.9 Å². The Morgan fingerprint density at radius 1 is 1.09 bits per heavy atom. The van der Waals surface area contributed by atoms with Crippen LogP contribution in [0.25, 0.3) is 11.2 Å². The Labute approximate surface area is 191 Å². The molecule has 1 aliphatic heterocycles. The fourth-order valence-corrected chi connectivity index (χ4v) is 3.80. The van der Waals surface area contributed by atoms with E-state index in [1.165, 1.54) is 10.9 Å². The van der Waals surface area contributed by atoms with Gasteiger partial charge in [-0.3, -0.25) is 4.79 Å². The second-order valence-corrected chi connectivity index (χ2v) is 8.46. The molecule has 0 atom stereocenters. The molecule has 0 spiro atoms. The minimum atomic E-state index is -0.258. The first-order valence-electron chi connectivity index (χ1n) is 11.1. The molecule has 0 unspecified atom stereocenters. The quantitative estimate of drug-likeness (QED) is 0.539. The number of nitrogens with one attached hydrogen (secondary N) is 3. The van der Waals surface area contributed by atoms with Crippen LogP contribution in [-0.4, -0.2) is 87.6 Å². The number of aromatic nitrogens is 4. The Hall–Kier alpha value is -3.73. The maximum atomic E-state index is 12.9. The van der Waals surface area contributed by atoms with Gasteiger partial charge in [0.1, 0.15) is 6.33 Å². The zero-order valence-electron chi connectivity index (χ0n) is 18.7. The summed E-state index contributed by atoms with van der Waals surface area (Å²) in [5.41, 5.74) is 2.20. The molecule has 2 aromatic heterocycles. The smallest absolute Gasteiger partial charge is 0.328 e.